The molecule has 0 aliphatic carbocycles. The maximum atomic E-state index is 13.9. The summed E-state index contributed by atoms with van der Waals surface area (Å²) in [5.41, 5.74) is 3.01. The van der Waals surface area contributed by atoms with E-state index in [0.717, 1.165) is 55.0 Å². The standard InChI is InChI=1S/C29H38FN3O3/c1-19-8-6-9-20(2)26(19)27(34)33-17-22-15-32(16-23(22)18-33)13-12-25(21-10-7-11-24(30)14-21)31-28(35)36-29(3,4)5/h6-11,14,22-23,25H,12-13,15-18H2,1-5H3,(H,31,35). The molecule has 1 N–H and O–H groups in total. The number of amides is 2. The number of nitrogens with one attached hydrogen (secondary N) is 1. The van der Waals surface area contributed by atoms with Crippen molar-refractivity contribution in [2.24, 2.45) is 11.8 Å². The molecule has 2 aromatic carbocycles. The molecular weight excluding hydrogens is 457 g/mol. The zero-order chi connectivity index (χ0) is 26.0. The average Bonchev–Trinajstić information content (AvgIpc) is 3.34. The van der Waals surface area contributed by atoms with Crippen LogP contribution in [0.5, 0.6) is 0 Å². The molecule has 3 atom stereocenters. The van der Waals surface area contributed by atoms with Gasteiger partial charge in [-0.25, -0.2) is 9.18 Å². The summed E-state index contributed by atoms with van der Waals surface area (Å²) in [7, 11) is 0. The van der Waals surface area contributed by atoms with Crippen LogP contribution in [0.15, 0.2) is 42.5 Å². The van der Waals surface area contributed by atoms with Crippen LogP contribution in [0.4, 0.5) is 9.18 Å². The number of aryl methyl sites for hydroxylation is 2. The third-order valence-electron chi connectivity index (χ3n) is 7.22. The van der Waals surface area contributed by atoms with Crippen molar-refractivity contribution in [3.8, 4) is 0 Å². The Morgan fingerprint density at radius 1 is 1.03 bits per heavy atom. The Morgan fingerprint density at radius 3 is 2.22 bits per heavy atom. The van der Waals surface area contributed by atoms with Crippen LogP contribution in [-0.2, 0) is 4.74 Å². The van der Waals surface area contributed by atoms with Gasteiger partial charge in [0.2, 0.25) is 0 Å². The van der Waals surface area contributed by atoms with Crippen LogP contribution >= 0.6 is 0 Å². The number of carbonyl (C=O) groups excluding carboxylic acids is 2. The highest BCUT2D eigenvalue weighted by Gasteiger charge is 2.42. The van der Waals surface area contributed by atoms with Crippen molar-refractivity contribution in [1.29, 1.82) is 0 Å². The van der Waals surface area contributed by atoms with E-state index < -0.39 is 11.7 Å². The molecule has 0 aromatic heterocycles. The number of fused-ring (bicyclic) bond motifs is 1. The molecule has 2 heterocycles. The van der Waals surface area contributed by atoms with Crippen molar-refractivity contribution >= 4 is 12.0 Å². The lowest BCUT2D eigenvalue weighted by Gasteiger charge is -2.26. The van der Waals surface area contributed by atoms with Gasteiger partial charge in [-0.1, -0.05) is 30.3 Å². The van der Waals surface area contributed by atoms with E-state index in [0.29, 0.717) is 18.3 Å². The van der Waals surface area contributed by atoms with Crippen molar-refractivity contribution in [1.82, 2.24) is 15.1 Å². The largest absolute Gasteiger partial charge is 0.444 e. The maximum absolute atomic E-state index is 13.9. The highest BCUT2D eigenvalue weighted by atomic mass is 19.1. The smallest absolute Gasteiger partial charge is 0.408 e. The van der Waals surface area contributed by atoms with Crippen LogP contribution < -0.4 is 5.32 Å². The molecule has 194 valence electrons. The Morgan fingerprint density at radius 2 is 1.64 bits per heavy atom. The fourth-order valence-electron chi connectivity index (χ4n) is 5.56. The van der Waals surface area contributed by atoms with E-state index in [9.17, 15) is 14.0 Å². The summed E-state index contributed by atoms with van der Waals surface area (Å²) in [6, 6.07) is 12.0. The minimum Gasteiger partial charge on any atom is -0.444 e. The predicted molar refractivity (Wildman–Crippen MR) is 138 cm³/mol. The van der Waals surface area contributed by atoms with Crippen LogP contribution in [0.3, 0.4) is 0 Å². The van der Waals surface area contributed by atoms with E-state index in [4.69, 9.17) is 4.74 Å². The van der Waals surface area contributed by atoms with E-state index in [1.54, 1.807) is 6.07 Å². The number of hydrogen-bond donors (Lipinski definition) is 1. The Hall–Kier alpha value is -2.93. The molecule has 4 rings (SSSR count). The maximum Gasteiger partial charge on any atom is 0.408 e. The lowest BCUT2D eigenvalue weighted by Crippen LogP contribution is -2.37. The quantitative estimate of drug-likeness (QED) is 0.606. The second kappa shape index (κ2) is 10.6. The number of nitrogens with zero attached hydrogens (tertiary/aromatic N) is 2. The molecule has 2 saturated heterocycles. The minimum atomic E-state index is -0.608. The Balaban J connectivity index is 1.35. The highest BCUT2D eigenvalue weighted by Crippen LogP contribution is 2.33. The summed E-state index contributed by atoms with van der Waals surface area (Å²) in [6.07, 6.45) is 0.142. The summed E-state index contributed by atoms with van der Waals surface area (Å²) in [6.45, 7) is 13.6. The number of carbonyl (C=O) groups is 2. The molecule has 3 unspecified atom stereocenters. The van der Waals surface area contributed by atoms with Crippen molar-refractivity contribution in [2.75, 3.05) is 32.7 Å². The van der Waals surface area contributed by atoms with Crippen LogP contribution in [-0.4, -0.2) is 60.1 Å². The SMILES string of the molecule is Cc1cccc(C)c1C(=O)N1CC2CN(CCC(NC(=O)OC(C)(C)C)c3cccc(F)c3)CC2C1. The second-order valence-electron chi connectivity index (χ2n) is 11.3. The van der Waals surface area contributed by atoms with Gasteiger partial charge < -0.3 is 19.9 Å². The summed E-state index contributed by atoms with van der Waals surface area (Å²) in [4.78, 5) is 30.1. The van der Waals surface area contributed by atoms with E-state index >= 15 is 0 Å². The molecule has 2 fully saturated rings. The zero-order valence-corrected chi connectivity index (χ0v) is 22.0. The van der Waals surface area contributed by atoms with E-state index in [2.05, 4.69) is 10.2 Å². The number of likely N-dealkylation sites (tertiary alicyclic amines) is 2. The van der Waals surface area contributed by atoms with Gasteiger partial charge in [0.1, 0.15) is 11.4 Å². The van der Waals surface area contributed by atoms with Crippen molar-refractivity contribution < 1.29 is 18.7 Å². The molecule has 2 aromatic rings. The van der Waals surface area contributed by atoms with Crippen LogP contribution in [0, 0.1) is 31.5 Å². The minimum absolute atomic E-state index is 0.138. The van der Waals surface area contributed by atoms with Gasteiger partial charge in [0.05, 0.1) is 6.04 Å². The van der Waals surface area contributed by atoms with E-state index in [-0.39, 0.29) is 17.8 Å². The van der Waals surface area contributed by atoms with Gasteiger partial charge in [0.25, 0.3) is 5.91 Å². The molecule has 0 saturated carbocycles. The van der Waals surface area contributed by atoms with Gasteiger partial charge in [-0.2, -0.15) is 0 Å². The number of ether oxygens (including phenoxy) is 1. The fraction of sp³-hybridized carbons (Fsp3) is 0.517. The van der Waals surface area contributed by atoms with Gasteiger partial charge in [-0.05, 0) is 81.7 Å². The van der Waals surface area contributed by atoms with Crippen LogP contribution in [0.25, 0.3) is 0 Å². The number of benzene rings is 2. The first-order valence-electron chi connectivity index (χ1n) is 12.8. The first-order valence-corrected chi connectivity index (χ1v) is 12.8. The third-order valence-corrected chi connectivity index (χ3v) is 7.22. The van der Waals surface area contributed by atoms with E-state index in [1.807, 2.05) is 63.8 Å². The summed E-state index contributed by atoms with van der Waals surface area (Å²) >= 11 is 0. The zero-order valence-electron chi connectivity index (χ0n) is 22.0. The van der Waals surface area contributed by atoms with Gasteiger partial charge in [-0.15, -0.1) is 0 Å². The second-order valence-corrected chi connectivity index (χ2v) is 11.3. The molecule has 0 spiro atoms. The van der Waals surface area contributed by atoms with Crippen molar-refractivity contribution in [2.45, 2.75) is 52.7 Å². The normalized spacial score (nSPS) is 20.8. The number of halogens is 1. The first kappa shape index (κ1) is 26.1. The molecule has 36 heavy (non-hydrogen) atoms. The van der Waals surface area contributed by atoms with Gasteiger partial charge >= 0.3 is 6.09 Å². The fourth-order valence-corrected chi connectivity index (χ4v) is 5.56. The molecule has 2 aliphatic heterocycles. The van der Waals surface area contributed by atoms with Crippen molar-refractivity contribution in [3.63, 3.8) is 0 Å². The molecule has 0 bridgehead atoms. The number of alkyl carbamates (subject to hydrolysis) is 1. The van der Waals surface area contributed by atoms with Gasteiger partial charge in [0, 0.05) is 38.3 Å². The van der Waals surface area contributed by atoms with Crippen LogP contribution in [0.1, 0.15) is 60.3 Å². The molecular formula is C29H38FN3O3. The average molecular weight is 496 g/mol. The number of hydrogen-bond acceptors (Lipinski definition) is 4. The third kappa shape index (κ3) is 6.25. The topological polar surface area (TPSA) is 61.9 Å². The summed E-state index contributed by atoms with van der Waals surface area (Å²) in [5, 5.41) is 2.93. The Kier molecular flexibility index (Phi) is 7.69. The summed E-state index contributed by atoms with van der Waals surface area (Å²) in [5.74, 6) is 0.710. The molecule has 6 nitrogen and oxygen atoms in total. The van der Waals surface area contributed by atoms with Gasteiger partial charge in [0.15, 0.2) is 0 Å². The van der Waals surface area contributed by atoms with Crippen LogP contribution in [0.2, 0.25) is 0 Å². The van der Waals surface area contributed by atoms with Crippen molar-refractivity contribution in [3.05, 3.63) is 70.5 Å². The number of rotatable bonds is 6. The van der Waals surface area contributed by atoms with Gasteiger partial charge in [-0.3, -0.25) is 4.79 Å². The lowest BCUT2D eigenvalue weighted by atomic mass is 10.0. The molecule has 0 radical (unpaired) electrons. The Labute approximate surface area is 213 Å². The monoisotopic (exact) mass is 495 g/mol. The predicted octanol–water partition coefficient (Wildman–Crippen LogP) is 5.10. The molecule has 7 heteroatoms. The lowest BCUT2D eigenvalue weighted by molar-refractivity contribution is 0.0498. The Bertz CT molecular complexity index is 1080. The van der Waals surface area contributed by atoms with E-state index in [1.165, 1.54) is 12.1 Å². The summed E-state index contributed by atoms with van der Waals surface area (Å²) < 4.78 is 19.4. The molecule has 2 amide bonds. The first-order chi connectivity index (χ1) is 17.0. The highest BCUT2D eigenvalue weighted by molar-refractivity contribution is 5.97. The molecule has 2 aliphatic rings.